The van der Waals surface area contributed by atoms with Crippen molar-refractivity contribution in [3.05, 3.63) is 40.4 Å². The summed E-state index contributed by atoms with van der Waals surface area (Å²) in [6.07, 6.45) is -0.555. The van der Waals surface area contributed by atoms with Gasteiger partial charge in [0.15, 0.2) is 5.60 Å². The lowest BCUT2D eigenvalue weighted by Crippen LogP contribution is -2.20. The Hall–Kier alpha value is -1.78. The van der Waals surface area contributed by atoms with Gasteiger partial charge < -0.3 is 14.6 Å². The third-order valence-electron chi connectivity index (χ3n) is 4.11. The molecule has 2 aromatic carbocycles. The van der Waals surface area contributed by atoms with Crippen LogP contribution in [0.3, 0.4) is 0 Å². The summed E-state index contributed by atoms with van der Waals surface area (Å²) in [7, 11) is 1.55. The number of hydrogen-bond acceptors (Lipinski definition) is 3. The van der Waals surface area contributed by atoms with E-state index in [9.17, 15) is 9.90 Å². The number of aliphatic carboxylic acids is 1. The molecule has 0 aliphatic carbocycles. The summed E-state index contributed by atoms with van der Waals surface area (Å²) in [5.74, 6) is -0.439. The molecule has 3 rings (SSSR count). The van der Waals surface area contributed by atoms with Crippen LogP contribution < -0.4 is 4.74 Å². The highest BCUT2D eigenvalue weighted by Crippen LogP contribution is 2.55. The van der Waals surface area contributed by atoms with Gasteiger partial charge in [-0.15, -0.1) is 0 Å². The first kappa shape index (κ1) is 14.2. The van der Waals surface area contributed by atoms with Crippen LogP contribution in [0.5, 0.6) is 5.75 Å². The number of aryl methyl sites for hydroxylation is 1. The number of halogens is 1. The lowest BCUT2D eigenvalue weighted by Gasteiger charge is -2.15. The van der Waals surface area contributed by atoms with Crippen LogP contribution in [0, 0.1) is 6.92 Å². The van der Waals surface area contributed by atoms with E-state index in [0.717, 1.165) is 16.3 Å². The van der Waals surface area contributed by atoms with Crippen LogP contribution >= 0.6 is 11.6 Å². The molecule has 0 aromatic heterocycles. The zero-order valence-electron chi connectivity index (χ0n) is 11.9. The molecule has 1 aliphatic heterocycles. The predicted molar refractivity (Wildman–Crippen MR) is 80.1 cm³/mol. The Morgan fingerprint density at radius 1 is 1.38 bits per heavy atom. The van der Waals surface area contributed by atoms with E-state index in [2.05, 4.69) is 0 Å². The Kier molecular flexibility index (Phi) is 3.11. The Morgan fingerprint density at radius 2 is 2.00 bits per heavy atom. The zero-order chi connectivity index (χ0) is 15.4. The molecule has 1 N–H and O–H groups in total. The predicted octanol–water partition coefficient (Wildman–Crippen LogP) is 3.72. The summed E-state index contributed by atoms with van der Waals surface area (Å²) in [4.78, 5) is 11.3. The summed E-state index contributed by atoms with van der Waals surface area (Å²) in [6, 6.07) is 7.74. The molecule has 0 spiro atoms. The van der Waals surface area contributed by atoms with Gasteiger partial charge in [0.25, 0.3) is 0 Å². The number of carboxylic acids is 1. The summed E-state index contributed by atoms with van der Waals surface area (Å²) in [5, 5.41) is 11.6. The van der Waals surface area contributed by atoms with E-state index in [1.807, 2.05) is 31.2 Å². The highest BCUT2D eigenvalue weighted by molar-refractivity contribution is 6.34. The Morgan fingerprint density at radius 3 is 2.52 bits per heavy atom. The van der Waals surface area contributed by atoms with Gasteiger partial charge in [0.1, 0.15) is 11.9 Å². The molecule has 5 heteroatoms. The molecule has 0 amide bonds. The average molecular weight is 307 g/mol. The van der Waals surface area contributed by atoms with Gasteiger partial charge in [-0.25, -0.2) is 4.79 Å². The number of carboxylic acid groups (broad SMARTS) is 1. The van der Waals surface area contributed by atoms with Crippen molar-refractivity contribution in [2.75, 3.05) is 7.11 Å². The SMILES string of the molecule is COc1c(Cl)c(C2OC2(C)C(=O)O)c(C)c2ccccc12. The average Bonchev–Trinajstić information content (AvgIpc) is 3.13. The molecule has 2 unspecified atom stereocenters. The molecule has 0 bridgehead atoms. The second-order valence-electron chi connectivity index (χ2n) is 5.34. The molecular weight excluding hydrogens is 292 g/mol. The van der Waals surface area contributed by atoms with Crippen LogP contribution in [0.2, 0.25) is 5.02 Å². The van der Waals surface area contributed by atoms with Gasteiger partial charge in [0.05, 0.1) is 12.1 Å². The highest BCUT2D eigenvalue weighted by Gasteiger charge is 2.61. The van der Waals surface area contributed by atoms with Gasteiger partial charge in [-0.1, -0.05) is 35.9 Å². The van der Waals surface area contributed by atoms with Crippen LogP contribution in [-0.2, 0) is 9.53 Å². The monoisotopic (exact) mass is 306 g/mol. The molecule has 2 atom stereocenters. The molecule has 21 heavy (non-hydrogen) atoms. The van der Waals surface area contributed by atoms with Crippen molar-refractivity contribution < 1.29 is 19.4 Å². The van der Waals surface area contributed by atoms with Crippen molar-refractivity contribution in [2.24, 2.45) is 0 Å². The topological polar surface area (TPSA) is 59.1 Å². The lowest BCUT2D eigenvalue weighted by molar-refractivity contribution is -0.142. The normalized spacial score (nSPS) is 24.1. The van der Waals surface area contributed by atoms with Crippen molar-refractivity contribution in [1.82, 2.24) is 0 Å². The number of epoxide rings is 1. The standard InChI is InChI=1S/C16H15ClO4/c1-8-9-6-4-5-7-10(9)13(20-3)12(17)11(8)14-16(2,21-14)15(18)19/h4-7,14H,1-3H3,(H,18,19). The quantitative estimate of drug-likeness (QED) is 0.878. The summed E-state index contributed by atoms with van der Waals surface area (Å²) in [5.41, 5.74) is 0.394. The van der Waals surface area contributed by atoms with Crippen molar-refractivity contribution in [3.63, 3.8) is 0 Å². The van der Waals surface area contributed by atoms with Gasteiger partial charge >= 0.3 is 5.97 Å². The molecule has 2 aromatic rings. The minimum atomic E-state index is -1.22. The molecule has 1 heterocycles. The second kappa shape index (κ2) is 4.61. The van der Waals surface area contributed by atoms with E-state index in [1.54, 1.807) is 14.0 Å². The third kappa shape index (κ3) is 1.90. The van der Waals surface area contributed by atoms with Gasteiger partial charge in [0, 0.05) is 10.9 Å². The third-order valence-corrected chi connectivity index (χ3v) is 4.49. The minimum Gasteiger partial charge on any atom is -0.495 e. The van der Waals surface area contributed by atoms with Gasteiger partial charge in [-0.3, -0.25) is 0 Å². The van der Waals surface area contributed by atoms with E-state index in [0.29, 0.717) is 16.3 Å². The van der Waals surface area contributed by atoms with E-state index >= 15 is 0 Å². The van der Waals surface area contributed by atoms with Crippen LogP contribution in [-0.4, -0.2) is 23.8 Å². The smallest absolute Gasteiger partial charge is 0.338 e. The van der Waals surface area contributed by atoms with Crippen LogP contribution in [0.25, 0.3) is 10.8 Å². The van der Waals surface area contributed by atoms with E-state index in [1.165, 1.54) is 0 Å². The van der Waals surface area contributed by atoms with Crippen molar-refractivity contribution in [2.45, 2.75) is 25.6 Å². The number of methoxy groups -OCH3 is 1. The summed E-state index contributed by atoms with van der Waals surface area (Å²) < 4.78 is 10.8. The lowest BCUT2D eigenvalue weighted by atomic mass is 9.92. The molecule has 0 saturated carbocycles. The molecule has 1 aliphatic rings. The molecule has 4 nitrogen and oxygen atoms in total. The van der Waals surface area contributed by atoms with Crippen LogP contribution in [0.4, 0.5) is 0 Å². The van der Waals surface area contributed by atoms with Crippen molar-refractivity contribution in [1.29, 1.82) is 0 Å². The van der Waals surface area contributed by atoms with Crippen molar-refractivity contribution >= 4 is 28.3 Å². The first-order valence-corrected chi connectivity index (χ1v) is 6.95. The molecule has 1 saturated heterocycles. The maximum Gasteiger partial charge on any atom is 0.338 e. The van der Waals surface area contributed by atoms with Gasteiger partial charge in [-0.05, 0) is 24.8 Å². The maximum atomic E-state index is 11.3. The fourth-order valence-electron chi connectivity index (χ4n) is 2.78. The van der Waals surface area contributed by atoms with Crippen LogP contribution in [0.15, 0.2) is 24.3 Å². The molecule has 1 fully saturated rings. The number of fused-ring (bicyclic) bond motifs is 1. The molecular formula is C16H15ClO4. The molecule has 110 valence electrons. The number of ether oxygens (including phenoxy) is 2. The highest BCUT2D eigenvalue weighted by atomic mass is 35.5. The number of rotatable bonds is 3. The number of hydrogen-bond donors (Lipinski definition) is 1. The van der Waals surface area contributed by atoms with E-state index < -0.39 is 17.7 Å². The largest absolute Gasteiger partial charge is 0.495 e. The van der Waals surface area contributed by atoms with Crippen molar-refractivity contribution in [3.8, 4) is 5.75 Å². The van der Waals surface area contributed by atoms with Gasteiger partial charge in [0.2, 0.25) is 0 Å². The Bertz CT molecular complexity index is 756. The maximum absolute atomic E-state index is 11.3. The first-order valence-electron chi connectivity index (χ1n) is 6.57. The van der Waals surface area contributed by atoms with Crippen LogP contribution in [0.1, 0.15) is 24.2 Å². The Labute approximate surface area is 127 Å². The fourth-order valence-corrected chi connectivity index (χ4v) is 3.20. The fraction of sp³-hybridized carbons (Fsp3) is 0.312. The first-order chi connectivity index (χ1) is 9.91. The van der Waals surface area contributed by atoms with E-state index in [-0.39, 0.29) is 0 Å². The second-order valence-corrected chi connectivity index (χ2v) is 5.72. The molecule has 0 radical (unpaired) electrons. The number of benzene rings is 2. The van der Waals surface area contributed by atoms with E-state index in [4.69, 9.17) is 21.1 Å². The zero-order valence-corrected chi connectivity index (χ0v) is 12.7. The van der Waals surface area contributed by atoms with Gasteiger partial charge in [-0.2, -0.15) is 0 Å². The minimum absolute atomic E-state index is 0.420. The summed E-state index contributed by atoms with van der Waals surface area (Å²) in [6.45, 7) is 3.48. The summed E-state index contributed by atoms with van der Waals surface area (Å²) >= 11 is 6.46. The number of carbonyl (C=O) groups is 1. The Balaban J connectivity index is 2.27.